The largest absolute Gasteiger partial charge is 0.494 e. The highest BCUT2D eigenvalue weighted by atomic mass is 32.2. The fourth-order valence-corrected chi connectivity index (χ4v) is 5.03. The van der Waals surface area contributed by atoms with E-state index in [4.69, 9.17) is 14.7 Å². The normalized spacial score (nSPS) is 17.7. The number of amides is 1. The van der Waals surface area contributed by atoms with Gasteiger partial charge in [0.15, 0.2) is 11.0 Å². The van der Waals surface area contributed by atoms with E-state index in [9.17, 15) is 4.79 Å². The summed E-state index contributed by atoms with van der Waals surface area (Å²) >= 11 is 1.48. The summed E-state index contributed by atoms with van der Waals surface area (Å²) in [6.07, 6.45) is 4.59. The van der Waals surface area contributed by atoms with Crippen molar-refractivity contribution in [3.05, 3.63) is 42.1 Å². The van der Waals surface area contributed by atoms with Crippen molar-refractivity contribution in [3.8, 4) is 5.75 Å². The second-order valence-electron chi connectivity index (χ2n) is 8.87. The minimum absolute atomic E-state index is 0.146. The highest BCUT2D eigenvalue weighted by molar-refractivity contribution is 7.99. The Bertz CT molecular complexity index is 1160. The van der Waals surface area contributed by atoms with Crippen LogP contribution in [0.25, 0.3) is 0 Å². The maximum absolute atomic E-state index is 13.1. The molecule has 0 saturated carbocycles. The zero-order valence-corrected chi connectivity index (χ0v) is 21.0. The molecule has 4 heterocycles. The Morgan fingerprint density at radius 1 is 1.11 bits per heavy atom. The molecule has 9 nitrogen and oxygen atoms in total. The van der Waals surface area contributed by atoms with E-state index in [0.717, 1.165) is 48.1 Å². The lowest BCUT2D eigenvalue weighted by Gasteiger charge is -2.20. The molecule has 0 bridgehead atoms. The van der Waals surface area contributed by atoms with Crippen LogP contribution >= 0.6 is 11.8 Å². The molecule has 0 spiro atoms. The van der Waals surface area contributed by atoms with Crippen molar-refractivity contribution in [1.82, 2.24) is 25.1 Å². The third-order valence-corrected chi connectivity index (χ3v) is 6.98. The highest BCUT2D eigenvalue weighted by Gasteiger charge is 2.44. The van der Waals surface area contributed by atoms with Crippen molar-refractivity contribution in [2.75, 3.05) is 36.5 Å². The van der Waals surface area contributed by atoms with Crippen LogP contribution in [0.3, 0.4) is 0 Å². The number of aryl methyl sites for hydroxylation is 1. The van der Waals surface area contributed by atoms with Crippen molar-refractivity contribution in [2.24, 2.45) is 0 Å². The molecule has 2 aliphatic heterocycles. The molecular weight excluding hydrogens is 462 g/mol. The van der Waals surface area contributed by atoms with Crippen LogP contribution in [0.15, 0.2) is 46.5 Å². The Labute approximate surface area is 209 Å². The van der Waals surface area contributed by atoms with Crippen LogP contribution in [0.2, 0.25) is 0 Å². The van der Waals surface area contributed by atoms with Gasteiger partial charge in [-0.15, -0.1) is 0 Å². The highest BCUT2D eigenvalue weighted by Crippen LogP contribution is 2.34. The fourth-order valence-electron chi connectivity index (χ4n) is 4.26. The van der Waals surface area contributed by atoms with E-state index in [1.807, 2.05) is 55.1 Å². The molecule has 1 amide bonds. The van der Waals surface area contributed by atoms with E-state index in [0.29, 0.717) is 29.9 Å². The van der Waals surface area contributed by atoms with Crippen LogP contribution in [0.5, 0.6) is 5.75 Å². The second-order valence-corrected chi connectivity index (χ2v) is 9.91. The Morgan fingerprint density at radius 2 is 1.89 bits per heavy atom. The summed E-state index contributed by atoms with van der Waals surface area (Å²) in [6.45, 7) is 6.95. The van der Waals surface area contributed by atoms with Gasteiger partial charge in [0.25, 0.3) is 0 Å². The molecule has 2 N–H and O–H groups in total. The Balaban J connectivity index is 1.36. The first-order valence-electron chi connectivity index (χ1n) is 12.2. The summed E-state index contributed by atoms with van der Waals surface area (Å²) in [5, 5.41) is 11.1. The molecule has 1 atom stereocenters. The Hall–Kier alpha value is -3.27. The van der Waals surface area contributed by atoms with E-state index < -0.39 is 0 Å². The van der Waals surface area contributed by atoms with Gasteiger partial charge in [-0.1, -0.05) is 12.8 Å². The molecule has 1 unspecified atom stereocenters. The first-order valence-corrected chi connectivity index (χ1v) is 13.0. The lowest BCUT2D eigenvalue weighted by molar-refractivity contribution is -0.130. The molecule has 2 saturated heterocycles. The van der Waals surface area contributed by atoms with E-state index >= 15 is 0 Å². The summed E-state index contributed by atoms with van der Waals surface area (Å²) in [6, 6.07) is 11.6. The van der Waals surface area contributed by atoms with Crippen LogP contribution in [-0.4, -0.2) is 63.3 Å². The van der Waals surface area contributed by atoms with Gasteiger partial charge in [0.05, 0.1) is 6.61 Å². The average molecular weight is 494 g/mol. The summed E-state index contributed by atoms with van der Waals surface area (Å²) < 4.78 is 5.55. The van der Waals surface area contributed by atoms with E-state index in [1.165, 1.54) is 24.6 Å². The third-order valence-electron chi connectivity index (χ3n) is 6.11. The van der Waals surface area contributed by atoms with Crippen molar-refractivity contribution in [3.63, 3.8) is 0 Å². The Kier molecular flexibility index (Phi) is 7.08. The van der Waals surface area contributed by atoms with E-state index in [-0.39, 0.29) is 11.9 Å². The summed E-state index contributed by atoms with van der Waals surface area (Å²) in [7, 11) is 0. The molecule has 0 radical (unpaired) electrons. The van der Waals surface area contributed by atoms with Gasteiger partial charge in [0.2, 0.25) is 5.91 Å². The zero-order valence-electron chi connectivity index (χ0n) is 20.2. The van der Waals surface area contributed by atoms with E-state index in [1.54, 1.807) is 0 Å². The molecule has 1 aromatic carbocycles. The minimum atomic E-state index is -0.146. The summed E-state index contributed by atoms with van der Waals surface area (Å²) in [4.78, 5) is 27.7. The van der Waals surface area contributed by atoms with Crippen LogP contribution in [0.4, 0.5) is 17.5 Å². The molecular formula is C25H31N7O2S. The number of ether oxygens (including phenoxy) is 1. The minimum Gasteiger partial charge on any atom is -0.494 e. The number of benzene rings is 1. The molecule has 5 rings (SSSR count). The molecule has 3 aromatic rings. The van der Waals surface area contributed by atoms with Crippen LogP contribution < -0.4 is 15.0 Å². The second kappa shape index (κ2) is 10.6. The van der Waals surface area contributed by atoms with Gasteiger partial charge in [-0.05, 0) is 62.7 Å². The van der Waals surface area contributed by atoms with Gasteiger partial charge in [-0.25, -0.2) is 9.97 Å². The van der Waals surface area contributed by atoms with Crippen molar-refractivity contribution in [1.29, 1.82) is 0 Å². The van der Waals surface area contributed by atoms with Crippen molar-refractivity contribution in [2.45, 2.75) is 55.6 Å². The fraction of sp³-hybridized carbons (Fsp3) is 0.440. The zero-order chi connectivity index (χ0) is 24.2. The van der Waals surface area contributed by atoms with Gasteiger partial charge in [-0.3, -0.25) is 9.89 Å². The first kappa shape index (κ1) is 23.5. The molecule has 2 fully saturated rings. The van der Waals surface area contributed by atoms with Crippen molar-refractivity contribution < 1.29 is 9.53 Å². The first-order chi connectivity index (χ1) is 17.1. The SMILES string of the molecule is CCOc1ccc(Sc2nc(Nc3cc(C)[nH]n3)cc(N3CC3C(=O)N3CCCCCC3)n2)cc1. The quantitative estimate of drug-likeness (QED) is 0.352. The standard InChI is InChI=1S/C25H31N7O2S/c1-3-34-18-8-10-19(11-9-18)35-25-27-21(26-22-14-17(2)29-30-22)15-23(28-25)32-16-20(32)24(33)31-12-6-4-5-7-13-31/h8-11,14-15,20H,3-7,12-13,16H2,1-2H3,(H2,26,27,28,29,30). The number of H-pyrrole nitrogens is 1. The molecule has 0 aliphatic carbocycles. The molecule has 2 aliphatic rings. The van der Waals surface area contributed by atoms with E-state index in [2.05, 4.69) is 20.4 Å². The predicted octanol–water partition coefficient (Wildman–Crippen LogP) is 4.39. The number of aromatic nitrogens is 4. The molecule has 184 valence electrons. The number of rotatable bonds is 8. The number of carbonyl (C=O) groups is 1. The average Bonchev–Trinajstić information content (AvgIpc) is 3.61. The smallest absolute Gasteiger partial charge is 0.247 e. The Morgan fingerprint density at radius 3 is 2.57 bits per heavy atom. The number of hydrogen-bond acceptors (Lipinski definition) is 8. The monoisotopic (exact) mass is 493 g/mol. The summed E-state index contributed by atoms with van der Waals surface area (Å²) in [5.74, 6) is 3.12. The molecule has 10 heteroatoms. The summed E-state index contributed by atoms with van der Waals surface area (Å²) in [5.41, 5.74) is 0.958. The predicted molar refractivity (Wildman–Crippen MR) is 137 cm³/mol. The number of nitrogens with zero attached hydrogens (tertiary/aromatic N) is 5. The number of likely N-dealkylation sites (tertiary alicyclic amines) is 1. The lowest BCUT2D eigenvalue weighted by atomic mass is 10.2. The van der Waals surface area contributed by atoms with Gasteiger partial charge >= 0.3 is 0 Å². The molecule has 35 heavy (non-hydrogen) atoms. The third kappa shape index (κ3) is 5.87. The van der Waals surface area contributed by atoms with Gasteiger partial charge in [-0.2, -0.15) is 5.10 Å². The van der Waals surface area contributed by atoms with Crippen molar-refractivity contribution >= 4 is 35.1 Å². The number of hydrogen-bond donors (Lipinski definition) is 2. The number of anilines is 3. The lowest BCUT2D eigenvalue weighted by Crippen LogP contribution is -2.36. The van der Waals surface area contributed by atoms with Gasteiger partial charge in [0, 0.05) is 42.4 Å². The van der Waals surface area contributed by atoms with Gasteiger partial charge in [0.1, 0.15) is 23.4 Å². The van der Waals surface area contributed by atoms with Crippen LogP contribution in [-0.2, 0) is 4.79 Å². The number of carbonyl (C=O) groups excluding carboxylic acids is 1. The van der Waals surface area contributed by atoms with Crippen LogP contribution in [0.1, 0.15) is 38.3 Å². The molecule has 2 aromatic heterocycles. The van der Waals surface area contributed by atoms with Crippen LogP contribution in [0, 0.1) is 6.92 Å². The van der Waals surface area contributed by atoms with Gasteiger partial charge < -0.3 is 19.9 Å². The maximum atomic E-state index is 13.1. The number of aromatic amines is 1. The topological polar surface area (TPSA) is 99.0 Å². The maximum Gasteiger partial charge on any atom is 0.247 e. The number of nitrogens with one attached hydrogen (secondary N) is 2.